The van der Waals surface area contributed by atoms with Crippen LogP contribution in [0.2, 0.25) is 0 Å². The van der Waals surface area contributed by atoms with Crippen molar-refractivity contribution < 1.29 is 51.5 Å². The summed E-state index contributed by atoms with van der Waals surface area (Å²) in [5, 5.41) is 39.0. The molecule has 0 bridgehead atoms. The van der Waals surface area contributed by atoms with Gasteiger partial charge in [-0.15, -0.1) is 0 Å². The Balaban J connectivity index is 0.00000192. The van der Waals surface area contributed by atoms with Crippen LogP contribution in [0.5, 0.6) is 17.2 Å². The minimum Gasteiger partial charge on any atom is -0.550 e. The van der Waals surface area contributed by atoms with Gasteiger partial charge in [0, 0.05) is 41.6 Å². The molecule has 45 heavy (non-hydrogen) atoms. The van der Waals surface area contributed by atoms with Crippen LogP contribution < -0.4 is 14.9 Å². The maximum absolute atomic E-state index is 10.6. The first-order chi connectivity index (χ1) is 20.5. The fourth-order valence-corrected chi connectivity index (χ4v) is 4.26. The van der Waals surface area contributed by atoms with Crippen molar-refractivity contribution in [3.63, 3.8) is 0 Å². The molecule has 0 atom stereocenters. The van der Waals surface area contributed by atoms with Crippen LogP contribution in [0.4, 0.5) is 11.4 Å². The van der Waals surface area contributed by atoms with Crippen molar-refractivity contribution >= 4 is 35.7 Å². The van der Waals surface area contributed by atoms with Crippen molar-refractivity contribution in [1.82, 2.24) is 0 Å². The Labute approximate surface area is 276 Å². The average Bonchev–Trinajstić information content (AvgIpc) is 2.90. The zero-order valence-corrected chi connectivity index (χ0v) is 28.5. The van der Waals surface area contributed by atoms with E-state index in [0.29, 0.717) is 40.1 Å². The van der Waals surface area contributed by atoms with Gasteiger partial charge in [-0.05, 0) is 98.9 Å². The van der Waals surface area contributed by atoms with Crippen LogP contribution in [0.3, 0.4) is 0 Å². The molecule has 0 saturated heterocycles. The van der Waals surface area contributed by atoms with Crippen LogP contribution in [-0.4, -0.2) is 41.7 Å². The Hall–Kier alpha value is -4.15. The van der Waals surface area contributed by atoms with Gasteiger partial charge in [-0.25, -0.2) is 0 Å². The Bertz CT molecular complexity index is 1460. The molecule has 1 radical (unpaired) electrons. The summed E-state index contributed by atoms with van der Waals surface area (Å²) in [5.74, 6) is -0.0288. The number of rotatable bonds is 9. The van der Waals surface area contributed by atoms with Crippen LogP contribution in [0.25, 0.3) is 0 Å². The largest absolute Gasteiger partial charge is 2.00 e. The topological polar surface area (TPSA) is 155 Å². The van der Waals surface area contributed by atoms with Gasteiger partial charge in [-0.1, -0.05) is 39.8 Å². The molecule has 0 unspecified atom stereocenters. The second kappa shape index (κ2) is 20.0. The maximum Gasteiger partial charge on any atom is 2.00 e. The number of aliphatic carboxylic acids is 2. The first kappa shape index (κ1) is 40.8. The normalized spacial score (nSPS) is 10.6. The number of benzene rings is 3. The molecule has 3 aromatic carbocycles. The molecule has 3 rings (SSSR count). The zero-order valence-electron chi connectivity index (χ0n) is 27.4. The third kappa shape index (κ3) is 15.4. The van der Waals surface area contributed by atoms with Crippen molar-refractivity contribution in [2.24, 2.45) is 21.8 Å². The Kier molecular flexibility index (Phi) is 18.1. The number of aryl methyl sites for hydroxylation is 2. The van der Waals surface area contributed by atoms with Crippen LogP contribution in [0.1, 0.15) is 74.9 Å². The molecule has 0 saturated carbocycles. The van der Waals surface area contributed by atoms with Gasteiger partial charge in [0.1, 0.15) is 17.2 Å². The monoisotopic (exact) mass is 663 g/mol. The van der Waals surface area contributed by atoms with E-state index in [2.05, 4.69) is 37.7 Å². The van der Waals surface area contributed by atoms with Gasteiger partial charge in [-0.2, -0.15) is 0 Å². The molecule has 0 amide bonds. The number of aliphatic imine (C=N–C) groups is 2. The Morgan fingerprint density at radius 3 is 1.49 bits per heavy atom. The van der Waals surface area contributed by atoms with Crippen LogP contribution in [-0.2, 0) is 39.2 Å². The van der Waals surface area contributed by atoms with E-state index in [9.17, 15) is 10.2 Å². The molecule has 9 nitrogen and oxygen atoms in total. The van der Waals surface area contributed by atoms with Gasteiger partial charge in [0.2, 0.25) is 0 Å². The molecule has 0 aliphatic heterocycles. The number of methoxy groups -OCH3 is 1. The number of aromatic hydroxyl groups is 2. The summed E-state index contributed by atoms with van der Waals surface area (Å²) in [6.07, 6.45) is 5.21. The second-order valence-electron chi connectivity index (χ2n) is 11.3. The first-order valence-electron chi connectivity index (χ1n) is 14.3. The number of carbonyl (C=O) groups is 2. The summed E-state index contributed by atoms with van der Waals surface area (Å²) in [5.41, 5.74) is 6.56. The summed E-state index contributed by atoms with van der Waals surface area (Å²) in [4.78, 5) is 27.1. The third-order valence-electron chi connectivity index (χ3n) is 5.94. The molecule has 0 aliphatic rings. The van der Waals surface area contributed by atoms with Crippen molar-refractivity contribution in [2.75, 3.05) is 7.11 Å². The number of nitrogens with zero attached hydrogens (tertiary/aromatic N) is 2. The standard InChI is InChI=1S/C31H38N2O3.2C2H4O2.Co/c1-19(2)10-23-12-21(5)30(34)25(14-23)17-32-28-9-8-27(36-7)16-29(28)33-18-26-15-24(11-20(3)4)13-22(6)31(26)35;2*1-2(3)4;/h8-9,12-20,34-35H,10-11H2,1-7H3;2*1H3,(H,3,4);/q;;;+2/p-2. The predicted molar refractivity (Wildman–Crippen MR) is 172 cm³/mol. The number of ether oxygens (including phenoxy) is 1. The van der Waals surface area contributed by atoms with E-state index in [1.54, 1.807) is 19.5 Å². The van der Waals surface area contributed by atoms with Gasteiger partial charge in [-0.3, -0.25) is 9.98 Å². The van der Waals surface area contributed by atoms with Gasteiger partial charge >= 0.3 is 16.8 Å². The van der Waals surface area contributed by atoms with Crippen LogP contribution in [0.15, 0.2) is 52.4 Å². The van der Waals surface area contributed by atoms with Gasteiger partial charge in [0.15, 0.2) is 0 Å². The van der Waals surface area contributed by atoms with E-state index >= 15 is 0 Å². The van der Waals surface area contributed by atoms with Gasteiger partial charge in [0.25, 0.3) is 0 Å². The Morgan fingerprint density at radius 2 is 1.13 bits per heavy atom. The summed E-state index contributed by atoms with van der Waals surface area (Å²) in [7, 11) is 1.61. The molecule has 245 valence electrons. The molecule has 0 aliphatic carbocycles. The fourth-order valence-electron chi connectivity index (χ4n) is 4.26. The number of carboxylic acids is 2. The maximum atomic E-state index is 10.6. The summed E-state index contributed by atoms with van der Waals surface area (Å²) >= 11 is 0. The predicted octanol–water partition coefficient (Wildman–Crippen LogP) is 5.13. The van der Waals surface area contributed by atoms with Crippen molar-refractivity contribution in [2.45, 2.75) is 68.2 Å². The molecule has 0 fully saturated rings. The summed E-state index contributed by atoms with van der Waals surface area (Å²) < 4.78 is 5.40. The molecule has 2 N–H and O–H groups in total. The molecule has 3 aromatic rings. The molecule has 0 heterocycles. The van der Waals surface area contributed by atoms with Crippen LogP contribution in [0, 0.1) is 25.7 Å². The van der Waals surface area contributed by atoms with E-state index in [1.165, 1.54) is 5.56 Å². The van der Waals surface area contributed by atoms with E-state index < -0.39 is 11.9 Å². The average molecular weight is 664 g/mol. The minimum atomic E-state index is -1.08. The van der Waals surface area contributed by atoms with Crippen LogP contribution >= 0.6 is 0 Å². The second-order valence-corrected chi connectivity index (χ2v) is 11.3. The zero-order chi connectivity index (χ0) is 33.6. The van der Waals surface area contributed by atoms with E-state index in [4.69, 9.17) is 24.5 Å². The molecule has 10 heteroatoms. The summed E-state index contributed by atoms with van der Waals surface area (Å²) in [6, 6.07) is 13.5. The number of carboxylic acid groups (broad SMARTS) is 2. The summed E-state index contributed by atoms with van der Waals surface area (Å²) in [6.45, 7) is 14.5. The SMILES string of the molecule is CC(=O)[O-].CC(=O)[O-].COc1ccc(N=Cc2cc(CC(C)C)cc(C)c2O)c(N=Cc2cc(CC(C)C)cc(C)c2O)c1.[Co+2]. The number of hydrogen-bond donors (Lipinski definition) is 2. The third-order valence-corrected chi connectivity index (χ3v) is 5.94. The van der Waals surface area contributed by atoms with Crippen molar-refractivity contribution in [3.8, 4) is 17.2 Å². The fraction of sp³-hybridized carbons (Fsp3) is 0.371. The molecular weight excluding hydrogens is 619 g/mol. The van der Waals surface area contributed by atoms with Gasteiger partial charge < -0.3 is 34.8 Å². The van der Waals surface area contributed by atoms with Gasteiger partial charge in [0.05, 0.1) is 18.5 Å². The minimum absolute atomic E-state index is 0. The number of phenols is 2. The van der Waals surface area contributed by atoms with E-state index in [-0.39, 0.29) is 28.3 Å². The molecule has 0 aromatic heterocycles. The van der Waals surface area contributed by atoms with Crippen molar-refractivity contribution in [3.05, 3.63) is 75.8 Å². The van der Waals surface area contributed by atoms with E-state index in [0.717, 1.165) is 43.4 Å². The Morgan fingerprint density at radius 1 is 0.756 bits per heavy atom. The molecule has 0 spiro atoms. The molecular formula is C35H44CoN2O7. The number of hydrogen-bond acceptors (Lipinski definition) is 9. The van der Waals surface area contributed by atoms with Crippen molar-refractivity contribution in [1.29, 1.82) is 0 Å². The first-order valence-corrected chi connectivity index (χ1v) is 14.3. The quantitative estimate of drug-likeness (QED) is 0.301. The number of phenolic OH excluding ortho intramolecular Hbond substituents is 2. The number of carbonyl (C=O) groups excluding carboxylic acids is 2. The van der Waals surface area contributed by atoms with E-state index in [1.807, 2.05) is 56.3 Å². The smallest absolute Gasteiger partial charge is 0.550 e.